The van der Waals surface area contributed by atoms with Crippen molar-refractivity contribution >= 4 is 51.8 Å². The highest BCUT2D eigenvalue weighted by Crippen LogP contribution is 2.50. The van der Waals surface area contributed by atoms with E-state index in [2.05, 4.69) is 29.2 Å². The van der Waals surface area contributed by atoms with Gasteiger partial charge in [0.25, 0.3) is 5.91 Å². The summed E-state index contributed by atoms with van der Waals surface area (Å²) in [6.45, 7) is 2.07. The summed E-state index contributed by atoms with van der Waals surface area (Å²) in [5, 5.41) is 1.55. The van der Waals surface area contributed by atoms with Gasteiger partial charge in [-0.3, -0.25) is 14.5 Å². The molecule has 0 spiro atoms. The molecule has 0 N–H and O–H groups in total. The van der Waals surface area contributed by atoms with Crippen LogP contribution in [0.1, 0.15) is 22.8 Å². The highest BCUT2D eigenvalue weighted by molar-refractivity contribution is 8.19. The summed E-state index contributed by atoms with van der Waals surface area (Å²) in [7, 11) is 1.99. The Balaban J connectivity index is 1.51. The molecule has 7 heteroatoms. The molecule has 34 heavy (non-hydrogen) atoms. The fraction of sp³-hybridized carbons (Fsp3) is 0.148. The van der Waals surface area contributed by atoms with Gasteiger partial charge in [0.15, 0.2) is 11.0 Å². The molecular weight excluding hydrogens is 462 g/mol. The van der Waals surface area contributed by atoms with Gasteiger partial charge in [-0.1, -0.05) is 66.4 Å². The van der Waals surface area contributed by atoms with E-state index in [0.29, 0.717) is 27.9 Å². The predicted octanol–water partition coefficient (Wildman–Crippen LogP) is 6.11. The summed E-state index contributed by atoms with van der Waals surface area (Å²) >= 11 is 3.02. The number of amides is 1. The first-order valence-corrected chi connectivity index (χ1v) is 12.6. The van der Waals surface area contributed by atoms with Crippen LogP contribution in [-0.2, 0) is 11.2 Å². The van der Waals surface area contributed by atoms with Gasteiger partial charge in [0, 0.05) is 24.1 Å². The van der Waals surface area contributed by atoms with Gasteiger partial charge in [-0.05, 0) is 54.9 Å². The fourth-order valence-corrected chi connectivity index (χ4v) is 6.28. The maximum absolute atomic E-state index is 13.7. The first-order chi connectivity index (χ1) is 16.5. The minimum atomic E-state index is -0.0374. The topological polar surface area (TPSA) is 53.0 Å². The number of hydrogen-bond acceptors (Lipinski definition) is 6. The van der Waals surface area contributed by atoms with Crippen molar-refractivity contribution in [3.63, 3.8) is 0 Å². The van der Waals surface area contributed by atoms with Crippen LogP contribution in [-0.4, -0.2) is 35.4 Å². The SMILES string of the molecule is CC(=O)c1cccc(N=C2SC(=C3Sc4ccccc4N3C)C(=O)N2CCc2ccccc2)c1. The quantitative estimate of drug-likeness (QED) is 0.323. The molecule has 170 valence electrons. The molecule has 3 aromatic carbocycles. The monoisotopic (exact) mass is 485 g/mol. The molecule has 0 aromatic heterocycles. The molecule has 2 aliphatic heterocycles. The van der Waals surface area contributed by atoms with Crippen LogP contribution in [0.25, 0.3) is 0 Å². The van der Waals surface area contributed by atoms with Gasteiger partial charge in [-0.2, -0.15) is 0 Å². The van der Waals surface area contributed by atoms with E-state index < -0.39 is 0 Å². The lowest BCUT2D eigenvalue weighted by Gasteiger charge is -2.16. The molecule has 3 aromatic rings. The minimum absolute atomic E-state index is 0.0114. The molecule has 0 radical (unpaired) electrons. The van der Waals surface area contributed by atoms with Gasteiger partial charge in [0.2, 0.25) is 0 Å². The average Bonchev–Trinajstić information content (AvgIpc) is 3.34. The standard InChI is InChI=1S/C27H23N3O2S2/c1-18(31)20-11-8-12-21(17-20)28-27-30(16-15-19-9-4-3-5-10-19)25(32)24(34-27)26-29(2)22-13-6-7-14-23(22)33-26/h3-14,17H,15-16H2,1-2H3. The van der Waals surface area contributed by atoms with Crippen molar-refractivity contribution in [3.05, 3.63) is 99.9 Å². The van der Waals surface area contributed by atoms with Crippen LogP contribution in [0.3, 0.4) is 0 Å². The van der Waals surface area contributed by atoms with Crippen molar-refractivity contribution in [3.8, 4) is 0 Å². The molecule has 1 fully saturated rings. The number of anilines is 1. The summed E-state index contributed by atoms with van der Waals surface area (Å²) < 4.78 is 0. The number of amidine groups is 1. The Morgan fingerprint density at radius 2 is 1.71 bits per heavy atom. The molecule has 2 heterocycles. The predicted molar refractivity (Wildman–Crippen MR) is 141 cm³/mol. The summed E-state index contributed by atoms with van der Waals surface area (Å²) in [4.78, 5) is 36.0. The Bertz CT molecular complexity index is 1330. The summed E-state index contributed by atoms with van der Waals surface area (Å²) in [5.41, 5.74) is 3.53. The number of ketones is 1. The first kappa shape index (κ1) is 22.5. The summed E-state index contributed by atoms with van der Waals surface area (Å²) in [6, 6.07) is 25.5. The fourth-order valence-electron chi connectivity index (χ4n) is 3.91. The number of fused-ring (bicyclic) bond motifs is 1. The number of para-hydroxylation sites is 1. The largest absolute Gasteiger partial charge is 0.337 e. The maximum Gasteiger partial charge on any atom is 0.269 e. The molecule has 0 saturated carbocycles. The zero-order valence-corrected chi connectivity index (χ0v) is 20.5. The van der Waals surface area contributed by atoms with E-state index in [1.54, 1.807) is 35.7 Å². The normalized spacial score (nSPS) is 18.6. The number of rotatable bonds is 5. The van der Waals surface area contributed by atoms with E-state index in [0.717, 1.165) is 22.0 Å². The van der Waals surface area contributed by atoms with E-state index in [1.807, 2.05) is 49.5 Å². The first-order valence-electron chi connectivity index (χ1n) is 11.0. The Labute approximate surface area is 207 Å². The summed E-state index contributed by atoms with van der Waals surface area (Å²) in [6.07, 6.45) is 0.728. The number of carbonyl (C=O) groups excluding carboxylic acids is 2. The second-order valence-corrected chi connectivity index (χ2v) is 10.1. The highest BCUT2D eigenvalue weighted by Gasteiger charge is 2.38. The number of thioether (sulfide) groups is 2. The van der Waals surface area contributed by atoms with E-state index >= 15 is 0 Å². The third-order valence-electron chi connectivity index (χ3n) is 5.74. The lowest BCUT2D eigenvalue weighted by molar-refractivity contribution is -0.122. The van der Waals surface area contributed by atoms with Gasteiger partial charge >= 0.3 is 0 Å². The molecular formula is C27H23N3O2S2. The van der Waals surface area contributed by atoms with Crippen molar-refractivity contribution < 1.29 is 9.59 Å². The Morgan fingerprint density at radius 1 is 0.941 bits per heavy atom. The average molecular weight is 486 g/mol. The van der Waals surface area contributed by atoms with Crippen LogP contribution >= 0.6 is 23.5 Å². The third-order valence-corrected chi connectivity index (χ3v) is 8.17. The van der Waals surface area contributed by atoms with Gasteiger partial charge < -0.3 is 4.90 Å². The lowest BCUT2D eigenvalue weighted by Crippen LogP contribution is -2.31. The third kappa shape index (κ3) is 4.41. The number of benzene rings is 3. The van der Waals surface area contributed by atoms with Crippen molar-refractivity contribution in [1.82, 2.24) is 4.90 Å². The Morgan fingerprint density at radius 3 is 2.47 bits per heavy atom. The van der Waals surface area contributed by atoms with Crippen LogP contribution < -0.4 is 4.90 Å². The molecule has 2 aliphatic rings. The molecule has 1 amide bonds. The van der Waals surface area contributed by atoms with Gasteiger partial charge in [-0.25, -0.2) is 4.99 Å². The molecule has 0 atom stereocenters. The molecule has 0 unspecified atom stereocenters. The van der Waals surface area contributed by atoms with E-state index in [4.69, 9.17) is 4.99 Å². The molecule has 5 nitrogen and oxygen atoms in total. The second-order valence-electron chi connectivity index (χ2n) is 8.06. The van der Waals surface area contributed by atoms with Crippen molar-refractivity contribution in [2.45, 2.75) is 18.2 Å². The van der Waals surface area contributed by atoms with E-state index in [9.17, 15) is 9.59 Å². The van der Waals surface area contributed by atoms with E-state index in [1.165, 1.54) is 17.3 Å². The van der Waals surface area contributed by atoms with E-state index in [-0.39, 0.29) is 11.7 Å². The molecule has 0 bridgehead atoms. The minimum Gasteiger partial charge on any atom is -0.337 e. The van der Waals surface area contributed by atoms with Crippen LogP contribution in [0.4, 0.5) is 11.4 Å². The van der Waals surface area contributed by atoms with Crippen molar-refractivity contribution in [2.24, 2.45) is 4.99 Å². The highest BCUT2D eigenvalue weighted by atomic mass is 32.2. The zero-order valence-electron chi connectivity index (χ0n) is 18.9. The second kappa shape index (κ2) is 9.52. The van der Waals surface area contributed by atoms with Crippen LogP contribution in [0.5, 0.6) is 0 Å². The Kier molecular flexibility index (Phi) is 6.30. The lowest BCUT2D eigenvalue weighted by atomic mass is 10.1. The summed E-state index contributed by atoms with van der Waals surface area (Å²) in [5.74, 6) is -0.0488. The molecule has 0 aliphatic carbocycles. The smallest absolute Gasteiger partial charge is 0.269 e. The van der Waals surface area contributed by atoms with Crippen molar-refractivity contribution in [2.75, 3.05) is 18.5 Å². The molecule has 1 saturated heterocycles. The maximum atomic E-state index is 13.7. The van der Waals surface area contributed by atoms with Gasteiger partial charge in [0.1, 0.15) is 4.91 Å². The zero-order chi connectivity index (χ0) is 23.7. The van der Waals surface area contributed by atoms with Crippen LogP contribution in [0.2, 0.25) is 0 Å². The van der Waals surface area contributed by atoms with Crippen LogP contribution in [0, 0.1) is 0 Å². The number of aliphatic imine (C=N–C) groups is 1. The number of carbonyl (C=O) groups is 2. The molecule has 5 rings (SSSR count). The Hall–Kier alpha value is -3.29. The van der Waals surface area contributed by atoms with Crippen molar-refractivity contribution in [1.29, 1.82) is 0 Å². The van der Waals surface area contributed by atoms with Crippen LogP contribution in [0.15, 0.2) is 98.7 Å². The van der Waals surface area contributed by atoms with Gasteiger partial charge in [0.05, 0.1) is 16.4 Å². The number of nitrogens with zero attached hydrogens (tertiary/aromatic N) is 3. The van der Waals surface area contributed by atoms with Gasteiger partial charge in [-0.15, -0.1) is 0 Å². The number of Topliss-reactive ketones (excluding diaryl/α,β-unsaturated/α-hetero) is 1. The number of hydrogen-bond donors (Lipinski definition) is 0.